The van der Waals surface area contributed by atoms with Crippen molar-refractivity contribution in [2.75, 3.05) is 7.11 Å². The number of nitro benzene ring substituents is 1. The standard InChI is InChI=1S/C25H23N3O5/c1-25(2,3)17-7-5-15(6-8-17)24-27-20-10-9-18(12-21(20)33-24)26-14-16-11-19(28(30)31)13-22(32-4)23(16)29/h5-14,29H,1-4H3. The van der Waals surface area contributed by atoms with Gasteiger partial charge in [-0.25, -0.2) is 4.98 Å². The van der Waals surface area contributed by atoms with E-state index in [4.69, 9.17) is 9.15 Å². The number of phenolic OH excluding ortho intramolecular Hbond substituents is 1. The number of ether oxygens (including phenoxy) is 1. The van der Waals surface area contributed by atoms with Gasteiger partial charge >= 0.3 is 0 Å². The molecule has 0 amide bonds. The maximum atomic E-state index is 11.1. The van der Waals surface area contributed by atoms with Crippen molar-refractivity contribution in [2.45, 2.75) is 26.2 Å². The van der Waals surface area contributed by atoms with Gasteiger partial charge in [0, 0.05) is 29.5 Å². The van der Waals surface area contributed by atoms with Crippen molar-refractivity contribution < 1.29 is 19.2 Å². The number of aromatic hydroxyl groups is 1. The first-order valence-electron chi connectivity index (χ1n) is 10.3. The molecule has 8 heteroatoms. The molecule has 33 heavy (non-hydrogen) atoms. The highest BCUT2D eigenvalue weighted by Gasteiger charge is 2.17. The van der Waals surface area contributed by atoms with Gasteiger partial charge in [-0.15, -0.1) is 0 Å². The SMILES string of the molecule is COc1cc([N+](=O)[O-])cc(C=Nc2ccc3nc(-c4ccc(C(C)(C)C)cc4)oc3c2)c1O. The zero-order valence-corrected chi connectivity index (χ0v) is 18.7. The van der Waals surface area contributed by atoms with E-state index in [0.717, 1.165) is 11.6 Å². The van der Waals surface area contributed by atoms with Gasteiger partial charge in [0.25, 0.3) is 5.69 Å². The van der Waals surface area contributed by atoms with Crippen LogP contribution in [0.3, 0.4) is 0 Å². The van der Waals surface area contributed by atoms with Gasteiger partial charge in [0.05, 0.1) is 23.8 Å². The zero-order chi connectivity index (χ0) is 23.8. The van der Waals surface area contributed by atoms with E-state index in [2.05, 4.69) is 42.9 Å². The average molecular weight is 445 g/mol. The lowest BCUT2D eigenvalue weighted by Crippen LogP contribution is -2.10. The van der Waals surface area contributed by atoms with Crippen molar-refractivity contribution in [2.24, 2.45) is 4.99 Å². The summed E-state index contributed by atoms with van der Waals surface area (Å²) in [7, 11) is 1.33. The van der Waals surface area contributed by atoms with E-state index in [1.54, 1.807) is 18.2 Å². The molecule has 0 bridgehead atoms. The summed E-state index contributed by atoms with van der Waals surface area (Å²) >= 11 is 0. The van der Waals surface area contributed by atoms with Crippen LogP contribution in [0.25, 0.3) is 22.6 Å². The van der Waals surface area contributed by atoms with Gasteiger partial charge in [-0.2, -0.15) is 0 Å². The van der Waals surface area contributed by atoms with E-state index in [-0.39, 0.29) is 28.2 Å². The smallest absolute Gasteiger partial charge is 0.274 e. The van der Waals surface area contributed by atoms with Crippen LogP contribution < -0.4 is 4.74 Å². The van der Waals surface area contributed by atoms with Crippen LogP contribution in [0.15, 0.2) is 64.0 Å². The molecule has 4 aromatic rings. The van der Waals surface area contributed by atoms with Crippen molar-refractivity contribution >= 4 is 28.7 Å². The van der Waals surface area contributed by atoms with E-state index in [9.17, 15) is 15.2 Å². The summed E-state index contributed by atoms with van der Waals surface area (Å²) in [5.41, 5.74) is 3.89. The van der Waals surface area contributed by atoms with Crippen LogP contribution in [-0.2, 0) is 5.41 Å². The van der Waals surface area contributed by atoms with Gasteiger partial charge in [-0.3, -0.25) is 15.1 Å². The molecule has 0 spiro atoms. The van der Waals surface area contributed by atoms with E-state index in [1.807, 2.05) is 12.1 Å². The number of aromatic nitrogens is 1. The fraction of sp³-hybridized carbons (Fsp3) is 0.200. The summed E-state index contributed by atoms with van der Waals surface area (Å²) in [5.74, 6) is 0.277. The van der Waals surface area contributed by atoms with Crippen molar-refractivity contribution in [3.8, 4) is 23.0 Å². The van der Waals surface area contributed by atoms with Gasteiger partial charge in [-0.05, 0) is 35.2 Å². The molecule has 0 radical (unpaired) electrons. The molecule has 1 heterocycles. The third-order valence-electron chi connectivity index (χ3n) is 5.24. The third-order valence-corrected chi connectivity index (χ3v) is 5.24. The first-order valence-corrected chi connectivity index (χ1v) is 10.3. The Morgan fingerprint density at radius 1 is 1.12 bits per heavy atom. The number of nitrogens with zero attached hydrogens (tertiary/aromatic N) is 3. The number of methoxy groups -OCH3 is 1. The number of aliphatic imine (C=N–C) groups is 1. The Labute approximate surface area is 190 Å². The largest absolute Gasteiger partial charge is 0.504 e. The lowest BCUT2D eigenvalue weighted by molar-refractivity contribution is -0.385. The molecule has 168 valence electrons. The van der Waals surface area contributed by atoms with E-state index < -0.39 is 4.92 Å². The van der Waals surface area contributed by atoms with E-state index in [1.165, 1.54) is 25.0 Å². The van der Waals surface area contributed by atoms with Crippen LogP contribution in [0.4, 0.5) is 11.4 Å². The van der Waals surface area contributed by atoms with Crippen LogP contribution in [0.5, 0.6) is 11.5 Å². The summed E-state index contributed by atoms with van der Waals surface area (Å²) in [6.45, 7) is 6.48. The van der Waals surface area contributed by atoms with Crippen molar-refractivity contribution in [1.82, 2.24) is 4.98 Å². The maximum Gasteiger partial charge on any atom is 0.274 e. The minimum atomic E-state index is -0.560. The summed E-state index contributed by atoms with van der Waals surface area (Å²) in [4.78, 5) is 19.5. The number of nitro groups is 1. The zero-order valence-electron chi connectivity index (χ0n) is 18.7. The van der Waals surface area contributed by atoms with Crippen molar-refractivity contribution in [1.29, 1.82) is 0 Å². The molecule has 1 aromatic heterocycles. The molecule has 0 atom stereocenters. The highest BCUT2D eigenvalue weighted by Crippen LogP contribution is 2.34. The molecular weight excluding hydrogens is 422 g/mol. The Hall–Kier alpha value is -4.20. The molecule has 0 fully saturated rings. The molecule has 0 saturated carbocycles. The Morgan fingerprint density at radius 3 is 2.48 bits per heavy atom. The summed E-state index contributed by atoms with van der Waals surface area (Å²) < 4.78 is 11.0. The molecule has 0 unspecified atom stereocenters. The number of benzene rings is 3. The Morgan fingerprint density at radius 2 is 1.85 bits per heavy atom. The van der Waals surface area contributed by atoms with Crippen molar-refractivity contribution in [3.05, 3.63) is 75.8 Å². The lowest BCUT2D eigenvalue weighted by atomic mass is 9.87. The Bertz CT molecular complexity index is 1370. The number of hydrogen-bond donors (Lipinski definition) is 1. The quantitative estimate of drug-likeness (QED) is 0.223. The summed E-state index contributed by atoms with van der Waals surface area (Å²) in [6.07, 6.45) is 1.34. The number of rotatable bonds is 5. The molecule has 0 aliphatic rings. The highest BCUT2D eigenvalue weighted by molar-refractivity contribution is 5.89. The first kappa shape index (κ1) is 22.0. The second-order valence-electron chi connectivity index (χ2n) is 8.60. The highest BCUT2D eigenvalue weighted by atomic mass is 16.6. The molecule has 0 aliphatic carbocycles. The Balaban J connectivity index is 1.64. The predicted molar refractivity (Wildman–Crippen MR) is 127 cm³/mol. The van der Waals surface area contributed by atoms with Gasteiger partial charge in [0.15, 0.2) is 17.1 Å². The summed E-state index contributed by atoms with van der Waals surface area (Å²) in [6, 6.07) is 15.8. The number of non-ortho nitro benzene ring substituents is 1. The van der Waals surface area contributed by atoms with Crippen LogP contribution in [-0.4, -0.2) is 28.3 Å². The molecular formula is C25H23N3O5. The minimum Gasteiger partial charge on any atom is -0.504 e. The van der Waals surface area contributed by atoms with Gasteiger partial charge < -0.3 is 14.3 Å². The molecule has 1 N–H and O–H groups in total. The number of phenols is 1. The van der Waals surface area contributed by atoms with Gasteiger partial charge in [0.1, 0.15) is 5.52 Å². The van der Waals surface area contributed by atoms with Crippen LogP contribution in [0.2, 0.25) is 0 Å². The normalized spacial score (nSPS) is 11.9. The molecule has 0 aliphatic heterocycles. The fourth-order valence-corrected chi connectivity index (χ4v) is 3.35. The third kappa shape index (κ3) is 4.55. The van der Waals surface area contributed by atoms with Gasteiger partial charge in [0.2, 0.25) is 5.89 Å². The Kier molecular flexibility index (Phi) is 5.59. The van der Waals surface area contributed by atoms with Crippen LogP contribution in [0.1, 0.15) is 31.9 Å². The maximum absolute atomic E-state index is 11.1. The fourth-order valence-electron chi connectivity index (χ4n) is 3.35. The first-order chi connectivity index (χ1) is 15.7. The predicted octanol–water partition coefficient (Wildman–Crippen LogP) is 6.17. The number of hydrogen-bond acceptors (Lipinski definition) is 7. The number of oxazole rings is 1. The topological polar surface area (TPSA) is 111 Å². The van der Waals surface area contributed by atoms with E-state index in [0.29, 0.717) is 22.7 Å². The van der Waals surface area contributed by atoms with Crippen LogP contribution in [0, 0.1) is 10.1 Å². The van der Waals surface area contributed by atoms with Crippen molar-refractivity contribution in [3.63, 3.8) is 0 Å². The van der Waals surface area contributed by atoms with E-state index >= 15 is 0 Å². The molecule has 0 saturated heterocycles. The molecule has 3 aromatic carbocycles. The second kappa shape index (κ2) is 8.38. The molecule has 8 nitrogen and oxygen atoms in total. The second-order valence-corrected chi connectivity index (χ2v) is 8.60. The number of fused-ring (bicyclic) bond motifs is 1. The molecule has 4 rings (SSSR count). The monoisotopic (exact) mass is 445 g/mol. The average Bonchev–Trinajstić information content (AvgIpc) is 3.21. The van der Waals surface area contributed by atoms with Gasteiger partial charge in [-0.1, -0.05) is 32.9 Å². The van der Waals surface area contributed by atoms with Crippen LogP contribution >= 0.6 is 0 Å². The minimum absolute atomic E-state index is 0.00143. The lowest BCUT2D eigenvalue weighted by Gasteiger charge is -2.18. The summed E-state index contributed by atoms with van der Waals surface area (Å²) in [5, 5.41) is 21.4.